The smallest absolute Gasteiger partial charge is 0.416 e. The van der Waals surface area contributed by atoms with Gasteiger partial charge in [0.15, 0.2) is 0 Å². The van der Waals surface area contributed by atoms with E-state index in [-0.39, 0.29) is 131 Å². The maximum Gasteiger partial charge on any atom is 0.416 e. The van der Waals surface area contributed by atoms with E-state index >= 15 is 0 Å². The number of ether oxygens (including phenoxy) is 6. The SMILES string of the molecule is COc1ccc(-c2nc(-c3cc(C(F)(F)F)cc(C(F)(F)F)c3)n(Cc3ccc(C(=O)NCCOCCOCCNC(=O)CCC(=O)NCCOCCOCCNC(=O)CCCC[C@@H]4SC[C@H]5NC(=O)N[C@@H]45)cc3)c2-c2ccc(OC)cc2)cc1. The van der Waals surface area contributed by atoms with E-state index < -0.39 is 35.0 Å². The summed E-state index contributed by atoms with van der Waals surface area (Å²) in [4.78, 5) is 66.0. The third-order valence-electron chi connectivity index (χ3n) is 13.7. The largest absolute Gasteiger partial charge is 0.497 e. The number of imidazole rings is 1. The molecule has 85 heavy (non-hydrogen) atoms. The number of urea groups is 1. The van der Waals surface area contributed by atoms with E-state index in [9.17, 15) is 50.3 Å². The van der Waals surface area contributed by atoms with Gasteiger partial charge in [-0.2, -0.15) is 38.1 Å². The zero-order valence-electron chi connectivity index (χ0n) is 47.1. The van der Waals surface area contributed by atoms with Crippen molar-refractivity contribution in [1.29, 1.82) is 0 Å². The lowest BCUT2D eigenvalue weighted by atomic mass is 10.0. The van der Waals surface area contributed by atoms with Crippen LogP contribution in [0, 0.1) is 0 Å². The van der Waals surface area contributed by atoms with Gasteiger partial charge in [-0.15, -0.1) is 0 Å². The van der Waals surface area contributed by atoms with Crippen molar-refractivity contribution in [2.24, 2.45) is 0 Å². The predicted octanol–water partition coefficient (Wildman–Crippen LogP) is 7.64. The molecule has 1 aromatic heterocycles. The van der Waals surface area contributed by atoms with Crippen molar-refractivity contribution in [2.75, 3.05) is 99.0 Å². The molecule has 2 aliphatic heterocycles. The molecule has 2 saturated heterocycles. The highest BCUT2D eigenvalue weighted by atomic mass is 32.2. The summed E-state index contributed by atoms with van der Waals surface area (Å²) in [5.41, 5.74) is -0.901. The van der Waals surface area contributed by atoms with Crippen molar-refractivity contribution in [2.45, 2.75) is 74.8 Å². The molecule has 0 aliphatic carbocycles. The van der Waals surface area contributed by atoms with Gasteiger partial charge in [-0.05, 0) is 97.3 Å². The zero-order chi connectivity index (χ0) is 60.8. The normalized spacial score (nSPS) is 15.6. The van der Waals surface area contributed by atoms with Crippen LogP contribution in [0.1, 0.15) is 65.6 Å². The number of fused-ring (bicyclic) bond motifs is 1. The lowest BCUT2D eigenvalue weighted by Gasteiger charge is -2.17. The number of amides is 6. The van der Waals surface area contributed by atoms with Gasteiger partial charge in [0, 0.05) is 85.2 Å². The molecule has 6 amide bonds. The van der Waals surface area contributed by atoms with Gasteiger partial charge in [-0.3, -0.25) is 19.2 Å². The third kappa shape index (κ3) is 20.1. The Morgan fingerprint density at radius 2 is 1.09 bits per heavy atom. The second-order valence-electron chi connectivity index (χ2n) is 19.8. The fraction of sp³-hybridized carbons (Fsp3) is 0.458. The molecular weight excluding hydrogens is 1140 g/mol. The molecular formula is C59H70F6N8O11S. The van der Waals surface area contributed by atoms with Gasteiger partial charge in [-0.25, -0.2) is 9.78 Å². The Kier molecular flexibility index (Phi) is 24.7. The number of hydrogen-bond donors (Lipinski definition) is 6. The van der Waals surface area contributed by atoms with Crippen molar-refractivity contribution < 1.29 is 78.7 Å². The Hall–Kier alpha value is -7.39. The number of nitrogens with zero attached hydrogens (tertiary/aromatic N) is 2. The highest BCUT2D eigenvalue weighted by Crippen LogP contribution is 2.42. The Balaban J connectivity index is 0.757. The average Bonchev–Trinajstić information content (AvgIpc) is 4.39. The number of hydrogen-bond acceptors (Lipinski definition) is 13. The van der Waals surface area contributed by atoms with Crippen LogP contribution >= 0.6 is 11.8 Å². The molecule has 0 bridgehead atoms. The van der Waals surface area contributed by atoms with E-state index in [1.54, 1.807) is 77.4 Å². The van der Waals surface area contributed by atoms with E-state index in [4.69, 9.17) is 33.4 Å². The summed E-state index contributed by atoms with van der Waals surface area (Å²) in [5.74, 6) is 0.697. The van der Waals surface area contributed by atoms with Crippen LogP contribution in [0.2, 0.25) is 0 Å². The minimum Gasteiger partial charge on any atom is -0.497 e. The number of methoxy groups -OCH3 is 2. The molecule has 0 unspecified atom stereocenters. The van der Waals surface area contributed by atoms with Gasteiger partial charge in [0.25, 0.3) is 5.91 Å². The van der Waals surface area contributed by atoms with Crippen LogP contribution in [-0.2, 0) is 52.2 Å². The topological polar surface area (TPSA) is 231 Å². The number of rotatable bonds is 34. The van der Waals surface area contributed by atoms with Gasteiger partial charge in [0.1, 0.15) is 17.3 Å². The standard InChI is InChI=1S/C59H70F6N8O11S/c1-79-45-15-11-39(12-16-45)52-54(40-13-17-46(80-2)18-14-40)73(55(71-52)42-33-43(58(60,61)62)35-44(34-42)59(63,64)65)36-38-7-9-41(10-8-38)56(77)69-24-28-84-32-31-83-27-23-68-51(76)20-19-50(75)67-22-26-82-30-29-81-25-21-66-49(74)6-4-3-5-48-53-47(37-85-48)70-57(78)72-53/h7-18,33-35,47-48,53H,3-6,19-32,36-37H2,1-2H3,(H,66,74)(H,67,75)(H,68,76)(H,69,77)(H2,70,72,78)/t47-,48+,53-/m1/s1. The van der Waals surface area contributed by atoms with Crippen LogP contribution in [0.4, 0.5) is 31.1 Å². The first-order chi connectivity index (χ1) is 40.9. The van der Waals surface area contributed by atoms with Crippen LogP contribution < -0.4 is 41.4 Å². The summed E-state index contributed by atoms with van der Waals surface area (Å²) >= 11 is 1.86. The van der Waals surface area contributed by atoms with E-state index in [0.717, 1.165) is 25.0 Å². The molecule has 19 nitrogen and oxygen atoms in total. The van der Waals surface area contributed by atoms with Crippen molar-refractivity contribution in [3.8, 4) is 45.4 Å². The zero-order valence-corrected chi connectivity index (χ0v) is 47.9. The Labute approximate surface area is 492 Å². The van der Waals surface area contributed by atoms with Crippen molar-refractivity contribution in [3.05, 3.63) is 113 Å². The second kappa shape index (κ2) is 32.2. The van der Waals surface area contributed by atoms with E-state index in [1.807, 2.05) is 11.8 Å². The number of halogens is 6. The predicted molar refractivity (Wildman–Crippen MR) is 305 cm³/mol. The molecule has 6 N–H and O–H groups in total. The summed E-state index contributed by atoms with van der Waals surface area (Å²) in [6.07, 6.45) is -7.14. The van der Waals surface area contributed by atoms with Gasteiger partial charge >= 0.3 is 18.4 Å². The minimum absolute atomic E-state index is 0.00270. The minimum atomic E-state index is -5.11. The number of benzene rings is 4. The monoisotopic (exact) mass is 1210 g/mol. The van der Waals surface area contributed by atoms with Crippen LogP contribution in [0.3, 0.4) is 0 Å². The quantitative estimate of drug-likeness (QED) is 0.0132. The molecule has 4 aromatic carbocycles. The lowest BCUT2D eigenvalue weighted by Crippen LogP contribution is -2.36. The Morgan fingerprint density at radius 1 is 0.600 bits per heavy atom. The molecule has 7 rings (SSSR count). The van der Waals surface area contributed by atoms with Crippen LogP contribution in [-0.4, -0.2) is 156 Å². The average molecular weight is 1210 g/mol. The summed E-state index contributed by atoms with van der Waals surface area (Å²) in [6, 6.07) is 21.4. The maximum absolute atomic E-state index is 14.2. The molecule has 3 heterocycles. The molecule has 5 aromatic rings. The lowest BCUT2D eigenvalue weighted by molar-refractivity contribution is -0.143. The Morgan fingerprint density at radius 3 is 1.60 bits per heavy atom. The Bertz CT molecular complexity index is 2960. The number of carbonyl (C=O) groups excluding carboxylic acids is 5. The molecule has 2 fully saturated rings. The third-order valence-corrected chi connectivity index (χ3v) is 15.2. The first kappa shape index (κ1) is 65.2. The van der Waals surface area contributed by atoms with Crippen molar-refractivity contribution in [1.82, 2.24) is 41.5 Å². The molecule has 460 valence electrons. The highest BCUT2D eigenvalue weighted by Gasteiger charge is 2.43. The summed E-state index contributed by atoms with van der Waals surface area (Å²) < 4.78 is 120. The van der Waals surface area contributed by atoms with Crippen molar-refractivity contribution in [3.63, 3.8) is 0 Å². The van der Waals surface area contributed by atoms with E-state index in [1.165, 1.54) is 14.2 Å². The maximum atomic E-state index is 14.2. The molecule has 0 radical (unpaired) electrons. The second-order valence-corrected chi connectivity index (χ2v) is 21.1. The molecule has 0 spiro atoms. The van der Waals surface area contributed by atoms with E-state index in [2.05, 4.69) is 31.9 Å². The van der Waals surface area contributed by atoms with Gasteiger partial charge in [-0.1, -0.05) is 18.6 Å². The molecule has 3 atom stereocenters. The van der Waals surface area contributed by atoms with Crippen molar-refractivity contribution >= 4 is 41.4 Å². The number of alkyl halides is 6. The number of carbonyl (C=O) groups is 5. The highest BCUT2D eigenvalue weighted by molar-refractivity contribution is 8.00. The first-order valence-electron chi connectivity index (χ1n) is 27.8. The first-order valence-corrected chi connectivity index (χ1v) is 28.8. The fourth-order valence-corrected chi connectivity index (χ4v) is 10.9. The molecule has 26 heteroatoms. The van der Waals surface area contributed by atoms with Crippen LogP contribution in [0.5, 0.6) is 11.5 Å². The number of aromatic nitrogens is 2. The van der Waals surface area contributed by atoms with Crippen LogP contribution in [0.25, 0.3) is 33.9 Å². The van der Waals surface area contributed by atoms with E-state index in [0.29, 0.717) is 84.1 Å². The van der Waals surface area contributed by atoms with Gasteiger partial charge in [0.05, 0.1) is 102 Å². The fourth-order valence-electron chi connectivity index (χ4n) is 9.38. The molecule has 2 aliphatic rings. The summed E-state index contributed by atoms with van der Waals surface area (Å²) in [5, 5.41) is 17.3. The van der Waals surface area contributed by atoms with Gasteiger partial charge in [0.2, 0.25) is 17.7 Å². The number of thioether (sulfide) groups is 1. The van der Waals surface area contributed by atoms with Gasteiger partial charge < -0.3 is 64.9 Å². The summed E-state index contributed by atoms with van der Waals surface area (Å²) in [6.45, 7) is 2.96. The number of unbranched alkanes of at least 4 members (excludes halogenated alkanes) is 1. The molecule has 0 saturated carbocycles. The number of nitrogens with one attached hydrogen (secondary N) is 6. The summed E-state index contributed by atoms with van der Waals surface area (Å²) in [7, 11) is 2.96. The van der Waals surface area contributed by atoms with Crippen LogP contribution in [0.15, 0.2) is 91.0 Å².